The Kier molecular flexibility index (Phi) is 5.00. The van der Waals surface area contributed by atoms with Gasteiger partial charge in [0.25, 0.3) is 0 Å². The van der Waals surface area contributed by atoms with Crippen LogP contribution in [0, 0.1) is 31.1 Å². The topological polar surface area (TPSA) is 74.6 Å². The zero-order chi connectivity index (χ0) is 4.50. The maximum atomic E-state index is 8.74. The molecule has 0 bridgehead atoms. The summed E-state index contributed by atoms with van der Waals surface area (Å²) in [7, 11) is -4.67. The van der Waals surface area contributed by atoms with E-state index in [4.69, 9.17) is 17.5 Å². The Morgan fingerprint density at radius 2 is 1.33 bits per heavy atom. The third-order valence-corrected chi connectivity index (χ3v) is 0. The van der Waals surface area contributed by atoms with E-state index in [-0.39, 0.29) is 32.5 Å². The van der Waals surface area contributed by atoms with Crippen LogP contribution in [0.3, 0.4) is 0 Å². The molecule has 6 heavy (non-hydrogen) atoms. The summed E-state index contributed by atoms with van der Waals surface area (Å²) in [6.45, 7) is 0. The molecule has 36 valence electrons. The summed E-state index contributed by atoms with van der Waals surface area (Å²) in [6, 6.07) is 0. The van der Waals surface area contributed by atoms with Gasteiger partial charge in [-0.25, -0.2) is 0 Å². The van der Waals surface area contributed by atoms with Gasteiger partial charge in [-0.1, -0.05) is 0 Å². The van der Waals surface area contributed by atoms with E-state index in [1.165, 1.54) is 0 Å². The van der Waals surface area contributed by atoms with Crippen molar-refractivity contribution < 1.29 is 50.1 Å². The predicted molar refractivity (Wildman–Crippen MR) is 15.3 cm³/mol. The summed E-state index contributed by atoms with van der Waals surface area (Å²) in [5, 5.41) is 0. The van der Waals surface area contributed by atoms with E-state index in [1.54, 1.807) is 0 Å². The second kappa shape index (κ2) is 2.99. The molecule has 0 spiro atoms. The van der Waals surface area contributed by atoms with E-state index in [1.807, 2.05) is 0 Å². The molecule has 0 atom stereocenters. The zero-order valence-electron chi connectivity index (χ0n) is 3.62. The van der Waals surface area contributed by atoms with Gasteiger partial charge in [0.15, 0.2) is 0 Å². The first-order valence-electron chi connectivity index (χ1n) is 0.698. The van der Waals surface area contributed by atoms with Crippen LogP contribution in [-0.2, 0) is 10.4 Å². The Bertz CT molecular complexity index is 94.9. The maximum Gasteiger partial charge on any atom is 1.00 e. The van der Waals surface area contributed by atoms with Gasteiger partial charge >= 0.3 is 11.8 Å². The first-order chi connectivity index (χ1) is 2.00. The molecular weight excluding hydrogens is 334 g/mol. The molecule has 0 aromatic rings. The molecule has 0 radical (unpaired) electrons. The van der Waals surface area contributed by atoms with Crippen molar-refractivity contribution in [1.82, 2.24) is 0 Å². The summed E-state index contributed by atoms with van der Waals surface area (Å²) in [5.41, 5.74) is 0. The van der Waals surface area contributed by atoms with E-state index in [0.717, 1.165) is 0 Å². The fourth-order valence-electron chi connectivity index (χ4n) is 0. The first kappa shape index (κ1) is 10.0. The van der Waals surface area contributed by atoms with Crippen LogP contribution in [0.25, 0.3) is 0 Å². The summed E-state index contributed by atoms with van der Waals surface area (Å²) in [4.78, 5) is 0. The molecular formula is H3O4SU+. The molecule has 0 saturated carbocycles. The molecule has 0 fully saturated rings. The normalized spacial score (nSPS) is 9.67. The number of hydrogen-bond donors (Lipinski definition) is 2. The molecule has 0 aliphatic heterocycles. The van der Waals surface area contributed by atoms with Gasteiger partial charge in [-0.15, -0.1) is 0 Å². The molecule has 4 nitrogen and oxygen atoms in total. The predicted octanol–water partition coefficient (Wildman–Crippen LogP) is -0.540. The molecule has 0 aliphatic rings. The van der Waals surface area contributed by atoms with Gasteiger partial charge in [0.1, 0.15) is 0 Å². The minimum Gasteiger partial charge on any atom is -0.264 e. The molecule has 0 aromatic heterocycles. The maximum absolute atomic E-state index is 8.74. The minimum atomic E-state index is -4.67. The summed E-state index contributed by atoms with van der Waals surface area (Å²) in [5.74, 6) is 0. The average Bonchev–Trinajstić information content (AvgIpc) is 0.722. The van der Waals surface area contributed by atoms with E-state index in [2.05, 4.69) is 0 Å². The molecule has 0 aromatic carbocycles. The van der Waals surface area contributed by atoms with Gasteiger partial charge in [0.2, 0.25) is 0 Å². The quantitative estimate of drug-likeness (QED) is 0.583. The van der Waals surface area contributed by atoms with Crippen molar-refractivity contribution in [2.75, 3.05) is 0 Å². The van der Waals surface area contributed by atoms with Crippen LogP contribution in [0.15, 0.2) is 0 Å². The standard InChI is InChI=1S/H2O4S.U/c1-5(2,3)4;/h(H2,1,2,3,4);/p+1. The molecule has 0 amide bonds. The van der Waals surface area contributed by atoms with E-state index in [0.29, 0.717) is 0 Å². The van der Waals surface area contributed by atoms with Gasteiger partial charge < -0.3 is 0 Å². The third-order valence-electron chi connectivity index (χ3n) is 0. The molecule has 0 aliphatic carbocycles. The molecule has 0 unspecified atom stereocenters. The molecule has 6 heteroatoms. The van der Waals surface area contributed by atoms with Crippen LogP contribution in [0.1, 0.15) is 1.43 Å². The van der Waals surface area contributed by atoms with Gasteiger partial charge in [-0.2, -0.15) is 8.42 Å². The molecule has 2 N–H and O–H groups in total. The van der Waals surface area contributed by atoms with Crippen LogP contribution >= 0.6 is 0 Å². The monoisotopic (exact) mass is 337 g/mol. The van der Waals surface area contributed by atoms with Crippen molar-refractivity contribution in [3.8, 4) is 0 Å². The second-order valence-electron chi connectivity index (χ2n) is 0.448. The zero-order valence-corrected chi connectivity index (χ0v) is 7.60. The van der Waals surface area contributed by atoms with Gasteiger partial charge in [-0.05, 0) is 0 Å². The van der Waals surface area contributed by atoms with Gasteiger partial charge in [0, 0.05) is 31.1 Å². The van der Waals surface area contributed by atoms with Crippen LogP contribution in [-0.4, -0.2) is 17.5 Å². The van der Waals surface area contributed by atoms with E-state index >= 15 is 0 Å². The summed E-state index contributed by atoms with van der Waals surface area (Å²) in [6.07, 6.45) is 0. The second-order valence-corrected chi connectivity index (χ2v) is 1.34. The Hall–Kier alpha value is 0.922. The van der Waals surface area contributed by atoms with Crippen molar-refractivity contribution in [3.63, 3.8) is 0 Å². The fourth-order valence-corrected chi connectivity index (χ4v) is 0. The largest absolute Gasteiger partial charge is 1.00 e. The van der Waals surface area contributed by atoms with E-state index < -0.39 is 10.4 Å². The van der Waals surface area contributed by atoms with Crippen molar-refractivity contribution in [1.29, 1.82) is 0 Å². The van der Waals surface area contributed by atoms with Gasteiger partial charge in [-0.3, -0.25) is 9.11 Å². The molecule has 0 heterocycles. The minimum absolute atomic E-state index is 0. The Balaban J connectivity index is -0.0000000800. The van der Waals surface area contributed by atoms with Crippen LogP contribution in [0.5, 0.6) is 0 Å². The summed E-state index contributed by atoms with van der Waals surface area (Å²) >= 11 is 0. The van der Waals surface area contributed by atoms with Crippen molar-refractivity contribution in [2.45, 2.75) is 0 Å². The fraction of sp³-hybridized carbons (Fsp3) is 0. The van der Waals surface area contributed by atoms with Crippen LogP contribution in [0.2, 0.25) is 0 Å². The Morgan fingerprint density at radius 1 is 1.33 bits per heavy atom. The number of hydrogen-bond acceptors (Lipinski definition) is 2. The van der Waals surface area contributed by atoms with E-state index in [9.17, 15) is 0 Å². The SMILES string of the molecule is O=S(=O)(O)O.[H+].[U]. The van der Waals surface area contributed by atoms with Crippen LogP contribution < -0.4 is 0 Å². The van der Waals surface area contributed by atoms with Crippen molar-refractivity contribution >= 4 is 10.4 Å². The Labute approximate surface area is 60.4 Å². The molecule has 0 saturated heterocycles. The van der Waals surface area contributed by atoms with Crippen molar-refractivity contribution in [3.05, 3.63) is 0 Å². The molecule has 0 rings (SSSR count). The first-order valence-corrected chi connectivity index (χ1v) is 2.10. The van der Waals surface area contributed by atoms with Crippen molar-refractivity contribution in [2.24, 2.45) is 0 Å². The average molecular weight is 337 g/mol. The third kappa shape index (κ3) is 89.1. The smallest absolute Gasteiger partial charge is 0.264 e. The number of rotatable bonds is 0. The summed E-state index contributed by atoms with van der Waals surface area (Å²) < 4.78 is 31.6. The van der Waals surface area contributed by atoms with Gasteiger partial charge in [0.05, 0.1) is 0 Å². The Morgan fingerprint density at radius 3 is 1.33 bits per heavy atom. The van der Waals surface area contributed by atoms with Crippen LogP contribution in [0.4, 0.5) is 0 Å².